The van der Waals surface area contributed by atoms with Gasteiger partial charge in [-0.25, -0.2) is 0 Å². The Labute approximate surface area is 128 Å². The van der Waals surface area contributed by atoms with Crippen LogP contribution in [0, 0.1) is 0 Å². The first-order valence-corrected chi connectivity index (χ1v) is 8.02. The number of fused-ring (bicyclic) bond motifs is 1. The molecule has 0 saturated carbocycles. The minimum absolute atomic E-state index is 0.313. The van der Waals surface area contributed by atoms with Gasteiger partial charge in [-0.05, 0) is 44.6 Å². The first-order valence-electron chi connectivity index (χ1n) is 8.02. The van der Waals surface area contributed by atoms with Gasteiger partial charge in [0, 0.05) is 18.6 Å². The van der Waals surface area contributed by atoms with E-state index in [1.807, 2.05) is 6.07 Å². The smallest absolute Gasteiger partial charge is 0.161 e. The normalized spacial score (nSPS) is 15.5. The molecule has 0 bridgehead atoms. The topological polar surface area (TPSA) is 33.7 Å². The van der Waals surface area contributed by atoms with Crippen LogP contribution >= 0.6 is 0 Å². The number of hydrogen-bond donors (Lipinski definition) is 1. The molecule has 21 heavy (non-hydrogen) atoms. The highest BCUT2D eigenvalue weighted by Crippen LogP contribution is 2.32. The van der Waals surface area contributed by atoms with E-state index in [9.17, 15) is 0 Å². The zero-order valence-electron chi connectivity index (χ0n) is 13.7. The molecule has 0 saturated heterocycles. The van der Waals surface area contributed by atoms with Crippen molar-refractivity contribution in [1.29, 1.82) is 0 Å². The molecule has 0 aliphatic carbocycles. The second-order valence-corrected chi connectivity index (χ2v) is 5.69. The van der Waals surface area contributed by atoms with Crippen molar-refractivity contribution in [3.05, 3.63) is 23.8 Å². The van der Waals surface area contributed by atoms with E-state index in [-0.39, 0.29) is 0 Å². The lowest BCUT2D eigenvalue weighted by Gasteiger charge is -2.31. The van der Waals surface area contributed by atoms with Crippen molar-refractivity contribution in [2.24, 2.45) is 0 Å². The predicted octanol–water partition coefficient (Wildman–Crippen LogP) is 2.84. The van der Waals surface area contributed by atoms with Gasteiger partial charge in [-0.2, -0.15) is 0 Å². The molecule has 4 nitrogen and oxygen atoms in total. The highest BCUT2D eigenvalue weighted by atomic mass is 16.6. The molecular weight excluding hydrogens is 264 g/mol. The molecule has 1 atom stereocenters. The molecule has 0 spiro atoms. The van der Waals surface area contributed by atoms with Gasteiger partial charge in [0.15, 0.2) is 11.5 Å². The Hall–Kier alpha value is -1.26. The predicted molar refractivity (Wildman–Crippen MR) is 86.2 cm³/mol. The summed E-state index contributed by atoms with van der Waals surface area (Å²) in [5, 5.41) is 3.59. The van der Waals surface area contributed by atoms with E-state index in [2.05, 4.69) is 50.0 Å². The zero-order valence-corrected chi connectivity index (χ0v) is 13.7. The standard InChI is InChI=1S/C17H28N2O2/c1-5-18-15(12-19(6-2)13(3)4)14-7-8-16-17(11-14)21-10-9-20-16/h7-8,11,13,15,18H,5-6,9-10,12H2,1-4H3. The third-order valence-corrected chi connectivity index (χ3v) is 3.97. The van der Waals surface area contributed by atoms with Crippen molar-refractivity contribution in [3.63, 3.8) is 0 Å². The lowest BCUT2D eigenvalue weighted by Crippen LogP contribution is -2.39. The molecule has 1 aliphatic heterocycles. The van der Waals surface area contributed by atoms with Gasteiger partial charge in [0.05, 0.1) is 0 Å². The summed E-state index contributed by atoms with van der Waals surface area (Å²) in [6.07, 6.45) is 0. The van der Waals surface area contributed by atoms with Crippen molar-refractivity contribution >= 4 is 0 Å². The Balaban J connectivity index is 2.17. The first kappa shape index (κ1) is 16.1. The molecule has 0 aromatic heterocycles. The monoisotopic (exact) mass is 292 g/mol. The van der Waals surface area contributed by atoms with Crippen LogP contribution in [0.2, 0.25) is 0 Å². The summed E-state index contributed by atoms with van der Waals surface area (Å²) in [5.74, 6) is 1.73. The van der Waals surface area contributed by atoms with Crippen molar-refractivity contribution < 1.29 is 9.47 Å². The number of likely N-dealkylation sites (N-methyl/N-ethyl adjacent to an activating group) is 2. The maximum atomic E-state index is 5.70. The number of ether oxygens (including phenoxy) is 2. The zero-order chi connectivity index (χ0) is 15.2. The number of benzene rings is 1. The molecule has 0 radical (unpaired) electrons. The van der Waals surface area contributed by atoms with Crippen LogP contribution in [0.1, 0.15) is 39.3 Å². The Bertz CT molecular complexity index is 448. The van der Waals surface area contributed by atoms with Gasteiger partial charge in [0.25, 0.3) is 0 Å². The lowest BCUT2D eigenvalue weighted by molar-refractivity contribution is 0.170. The SMILES string of the molecule is CCNC(CN(CC)C(C)C)c1ccc2c(c1)OCCO2. The van der Waals surface area contributed by atoms with Gasteiger partial charge in [0.1, 0.15) is 13.2 Å². The molecule has 1 aromatic rings. The third kappa shape index (κ3) is 4.11. The van der Waals surface area contributed by atoms with Crippen LogP contribution in [0.25, 0.3) is 0 Å². The summed E-state index contributed by atoms with van der Waals surface area (Å²) in [4.78, 5) is 2.48. The van der Waals surface area contributed by atoms with Crippen molar-refractivity contribution in [2.75, 3.05) is 32.8 Å². The summed E-state index contributed by atoms with van der Waals surface area (Å²) in [7, 11) is 0. The highest BCUT2D eigenvalue weighted by Gasteiger charge is 2.19. The van der Waals surface area contributed by atoms with Crippen LogP contribution in [0.4, 0.5) is 0 Å². The second kappa shape index (κ2) is 7.66. The van der Waals surface area contributed by atoms with E-state index < -0.39 is 0 Å². The summed E-state index contributed by atoms with van der Waals surface area (Å²) < 4.78 is 11.3. The van der Waals surface area contributed by atoms with E-state index in [4.69, 9.17) is 9.47 Å². The summed E-state index contributed by atoms with van der Waals surface area (Å²) in [6.45, 7) is 13.1. The van der Waals surface area contributed by atoms with Gasteiger partial charge in [-0.3, -0.25) is 4.90 Å². The lowest BCUT2D eigenvalue weighted by atomic mass is 10.0. The largest absolute Gasteiger partial charge is 0.486 e. The molecule has 0 amide bonds. The van der Waals surface area contributed by atoms with Crippen LogP contribution in [0.5, 0.6) is 11.5 Å². The number of hydrogen-bond acceptors (Lipinski definition) is 4. The minimum Gasteiger partial charge on any atom is -0.486 e. The summed E-state index contributed by atoms with van der Waals surface area (Å²) in [6, 6.07) is 7.16. The van der Waals surface area contributed by atoms with Crippen molar-refractivity contribution in [1.82, 2.24) is 10.2 Å². The van der Waals surface area contributed by atoms with Crippen LogP contribution in [0.15, 0.2) is 18.2 Å². The number of rotatable bonds is 7. The average Bonchev–Trinajstić information content (AvgIpc) is 2.50. The van der Waals surface area contributed by atoms with Crippen LogP contribution in [-0.4, -0.2) is 43.8 Å². The molecule has 1 heterocycles. The van der Waals surface area contributed by atoms with E-state index in [0.29, 0.717) is 25.3 Å². The molecule has 118 valence electrons. The van der Waals surface area contributed by atoms with Crippen LogP contribution < -0.4 is 14.8 Å². The van der Waals surface area contributed by atoms with E-state index in [1.54, 1.807) is 0 Å². The van der Waals surface area contributed by atoms with Gasteiger partial charge < -0.3 is 14.8 Å². The summed E-state index contributed by atoms with van der Waals surface area (Å²) >= 11 is 0. The van der Waals surface area contributed by atoms with Crippen LogP contribution in [-0.2, 0) is 0 Å². The fraction of sp³-hybridized carbons (Fsp3) is 0.647. The fourth-order valence-electron chi connectivity index (χ4n) is 2.75. The first-order chi connectivity index (χ1) is 10.2. The van der Waals surface area contributed by atoms with Gasteiger partial charge >= 0.3 is 0 Å². The third-order valence-electron chi connectivity index (χ3n) is 3.97. The maximum absolute atomic E-state index is 5.70. The molecule has 4 heteroatoms. The maximum Gasteiger partial charge on any atom is 0.161 e. The van der Waals surface area contributed by atoms with Crippen LogP contribution in [0.3, 0.4) is 0 Å². The quantitative estimate of drug-likeness (QED) is 0.838. The average molecular weight is 292 g/mol. The Morgan fingerprint density at radius 1 is 1.14 bits per heavy atom. The van der Waals surface area contributed by atoms with Crippen molar-refractivity contribution in [2.45, 2.75) is 39.8 Å². The van der Waals surface area contributed by atoms with E-state index in [0.717, 1.165) is 31.1 Å². The highest BCUT2D eigenvalue weighted by molar-refractivity contribution is 5.44. The van der Waals surface area contributed by atoms with Crippen molar-refractivity contribution in [3.8, 4) is 11.5 Å². The molecule has 1 unspecified atom stereocenters. The molecule has 1 aliphatic rings. The fourth-order valence-corrected chi connectivity index (χ4v) is 2.75. The minimum atomic E-state index is 0.313. The van der Waals surface area contributed by atoms with Gasteiger partial charge in [0.2, 0.25) is 0 Å². The van der Waals surface area contributed by atoms with Gasteiger partial charge in [-0.1, -0.05) is 19.9 Å². The van der Waals surface area contributed by atoms with Gasteiger partial charge in [-0.15, -0.1) is 0 Å². The van der Waals surface area contributed by atoms with E-state index in [1.165, 1.54) is 5.56 Å². The molecular formula is C17H28N2O2. The Kier molecular flexibility index (Phi) is 5.88. The number of nitrogens with one attached hydrogen (secondary N) is 1. The van der Waals surface area contributed by atoms with E-state index >= 15 is 0 Å². The Morgan fingerprint density at radius 3 is 2.48 bits per heavy atom. The number of nitrogens with zero attached hydrogens (tertiary/aromatic N) is 1. The molecule has 2 rings (SSSR count). The molecule has 1 aromatic carbocycles. The summed E-state index contributed by atoms with van der Waals surface area (Å²) in [5.41, 5.74) is 1.26. The molecule has 1 N–H and O–H groups in total. The Morgan fingerprint density at radius 2 is 1.86 bits per heavy atom. The second-order valence-electron chi connectivity index (χ2n) is 5.69. The molecule has 0 fully saturated rings.